The van der Waals surface area contributed by atoms with E-state index in [0.717, 1.165) is 0 Å². The van der Waals surface area contributed by atoms with E-state index in [1.807, 2.05) is 0 Å². The van der Waals surface area contributed by atoms with E-state index >= 15 is 0 Å². The maximum Gasteiger partial charge on any atom is 0.730 e. The van der Waals surface area contributed by atoms with Crippen molar-refractivity contribution in [2.45, 2.75) is 48.8 Å². The van der Waals surface area contributed by atoms with Gasteiger partial charge in [0.15, 0.2) is 12.2 Å². The largest absolute Gasteiger partial charge is 0.730 e. The summed E-state index contributed by atoms with van der Waals surface area (Å²) in [5, 5.41) is 75.7. The standard InChI is InChI=1S/C12H25BO12/c14-1-5(16)9(18)11(20)7-3-22-13(24-7)23-4-8(25-13)12(21)10(19)6(17)2-15/h5-12,14-21,24H,1-4H2. The van der Waals surface area contributed by atoms with Crippen molar-refractivity contribution in [3.05, 3.63) is 0 Å². The zero-order chi connectivity index (χ0) is 18.8. The third kappa shape index (κ3) is 4.47. The number of hydrogen-bond donors (Lipinski definition) is 8. The molecule has 0 radical (unpaired) electrons. The molecule has 1 spiro atoms. The number of aliphatic hydroxyl groups is 9. The molecule has 0 amide bonds. The third-order valence-electron chi connectivity index (χ3n) is 4.31. The van der Waals surface area contributed by atoms with E-state index in [1.54, 1.807) is 0 Å². The van der Waals surface area contributed by atoms with E-state index in [9.17, 15) is 30.6 Å². The van der Waals surface area contributed by atoms with Crippen molar-refractivity contribution in [2.24, 2.45) is 0 Å². The Hall–Kier alpha value is -0.415. The molecule has 2 rings (SSSR count). The van der Waals surface area contributed by atoms with Crippen molar-refractivity contribution in [2.75, 3.05) is 26.4 Å². The Morgan fingerprint density at radius 1 is 0.840 bits per heavy atom. The van der Waals surface area contributed by atoms with Crippen LogP contribution in [0.1, 0.15) is 0 Å². The monoisotopic (exact) mass is 372 g/mol. The molecule has 2 heterocycles. The van der Waals surface area contributed by atoms with Gasteiger partial charge in [-0.05, 0) is 0 Å². The van der Waals surface area contributed by atoms with Gasteiger partial charge in [0.25, 0.3) is 0 Å². The second-order valence-corrected chi connectivity index (χ2v) is 6.12. The van der Waals surface area contributed by atoms with Crippen molar-refractivity contribution >= 4 is 6.96 Å². The predicted molar refractivity (Wildman–Crippen MR) is 78.8 cm³/mol. The van der Waals surface area contributed by atoms with Crippen LogP contribution < -0.4 is 0 Å². The van der Waals surface area contributed by atoms with Crippen molar-refractivity contribution < 1.29 is 59.5 Å². The minimum Gasteiger partial charge on any atom is -0.599 e. The zero-order valence-electron chi connectivity index (χ0n) is 13.3. The molecule has 13 heteroatoms. The highest BCUT2D eigenvalue weighted by Gasteiger charge is 2.59. The van der Waals surface area contributed by atoms with Gasteiger partial charge in [0.1, 0.15) is 30.5 Å². The van der Waals surface area contributed by atoms with Gasteiger partial charge in [-0.1, -0.05) is 0 Å². The Kier molecular flexibility index (Phi) is 7.12. The molecule has 0 aromatic carbocycles. The second-order valence-electron chi connectivity index (χ2n) is 6.12. The van der Waals surface area contributed by atoms with Gasteiger partial charge in [-0.25, -0.2) is 0 Å². The van der Waals surface area contributed by atoms with Crippen LogP contribution in [0.4, 0.5) is 0 Å². The first-order valence-electron chi connectivity index (χ1n) is 7.85. The van der Waals surface area contributed by atoms with Gasteiger partial charge in [-0.2, -0.15) is 0 Å². The van der Waals surface area contributed by atoms with E-state index in [1.165, 1.54) is 0 Å². The summed E-state index contributed by atoms with van der Waals surface area (Å²) >= 11 is 0. The van der Waals surface area contributed by atoms with Gasteiger partial charge >= 0.3 is 6.96 Å². The zero-order valence-corrected chi connectivity index (χ0v) is 13.3. The first kappa shape index (κ1) is 20.9. The van der Waals surface area contributed by atoms with Crippen LogP contribution in [0.3, 0.4) is 0 Å². The Morgan fingerprint density at radius 3 is 1.92 bits per heavy atom. The summed E-state index contributed by atoms with van der Waals surface area (Å²) in [6.07, 6.45) is -11.8. The summed E-state index contributed by atoms with van der Waals surface area (Å²) in [6, 6.07) is 0. The summed E-state index contributed by atoms with van der Waals surface area (Å²) in [6.45, 7) is -4.66. The molecule has 0 bridgehead atoms. The average Bonchev–Trinajstić information content (AvgIpc) is 3.24. The second kappa shape index (κ2) is 8.52. The number of hydrogen-bond acceptors (Lipinski definition) is 11. The fraction of sp³-hybridized carbons (Fsp3) is 1.00. The highest BCUT2D eigenvalue weighted by atomic mass is 16.9. The van der Waals surface area contributed by atoms with E-state index in [2.05, 4.69) is 4.65 Å². The third-order valence-corrected chi connectivity index (χ3v) is 4.31. The molecule has 0 aromatic rings. The van der Waals surface area contributed by atoms with E-state index in [4.69, 9.17) is 24.2 Å². The topological polar surface area (TPSA) is 202 Å². The van der Waals surface area contributed by atoms with Crippen molar-refractivity contribution in [1.29, 1.82) is 0 Å². The maximum atomic E-state index is 9.98. The summed E-state index contributed by atoms with van der Waals surface area (Å²) in [7, 11) is 0. The van der Waals surface area contributed by atoms with E-state index < -0.39 is 69.0 Å². The molecule has 2 saturated heterocycles. The molecule has 0 aromatic heterocycles. The van der Waals surface area contributed by atoms with Crippen LogP contribution in [0.25, 0.3) is 0 Å². The highest BCUT2D eigenvalue weighted by molar-refractivity contribution is 6.53. The van der Waals surface area contributed by atoms with Crippen molar-refractivity contribution in [3.8, 4) is 0 Å². The van der Waals surface area contributed by atoms with Crippen LogP contribution in [0, 0.1) is 0 Å². The van der Waals surface area contributed by atoms with Gasteiger partial charge in [-0.15, -0.1) is 0 Å². The lowest BCUT2D eigenvalue weighted by atomic mass is 10.0. The first-order valence-corrected chi connectivity index (χ1v) is 7.85. The lowest BCUT2D eigenvalue weighted by molar-refractivity contribution is -0.145. The molecular formula is C12H25BO12. The lowest BCUT2D eigenvalue weighted by Gasteiger charge is -2.29. The highest BCUT2D eigenvalue weighted by Crippen LogP contribution is 2.30. The molecule has 9 unspecified atom stereocenters. The van der Waals surface area contributed by atoms with Crippen LogP contribution in [-0.4, -0.2) is 128 Å². The molecular weight excluding hydrogens is 347 g/mol. The molecule has 9 atom stereocenters. The van der Waals surface area contributed by atoms with Gasteiger partial charge in [0.05, 0.1) is 25.9 Å². The molecule has 0 aliphatic carbocycles. The first-order chi connectivity index (χ1) is 11.7. The summed E-state index contributed by atoms with van der Waals surface area (Å²) in [5.74, 6) is 0. The Balaban J connectivity index is 1.93. The lowest BCUT2D eigenvalue weighted by Crippen LogP contribution is -2.52. The van der Waals surface area contributed by atoms with Crippen LogP contribution in [0.2, 0.25) is 0 Å². The molecule has 12 nitrogen and oxygen atoms in total. The van der Waals surface area contributed by atoms with Gasteiger partial charge in [0, 0.05) is 6.61 Å². The van der Waals surface area contributed by atoms with Gasteiger partial charge in [0.2, 0.25) is 0 Å². The Labute approximate surface area is 142 Å². The Bertz CT molecular complexity index is 389. The summed E-state index contributed by atoms with van der Waals surface area (Å²) < 4.78 is 19.9. The van der Waals surface area contributed by atoms with E-state index in [0.29, 0.717) is 0 Å². The maximum absolute atomic E-state index is 9.98. The van der Waals surface area contributed by atoms with Crippen molar-refractivity contribution in [3.63, 3.8) is 0 Å². The average molecular weight is 372 g/mol. The summed E-state index contributed by atoms with van der Waals surface area (Å²) in [5.41, 5.74) is 0. The van der Waals surface area contributed by atoms with Crippen LogP contribution in [0.5, 0.6) is 0 Å². The molecule has 25 heavy (non-hydrogen) atoms. The van der Waals surface area contributed by atoms with Gasteiger partial charge in [-0.3, -0.25) is 0 Å². The fourth-order valence-electron chi connectivity index (χ4n) is 2.71. The van der Waals surface area contributed by atoms with Gasteiger partial charge < -0.3 is 59.5 Å². The van der Waals surface area contributed by atoms with Crippen LogP contribution >= 0.6 is 0 Å². The molecule has 2 aliphatic rings. The normalized spacial score (nSPS) is 37.0. The minimum atomic E-state index is -2.71. The molecule has 9 N–H and O–H groups in total. The minimum absolute atomic E-state index is 0.207. The fourth-order valence-corrected chi connectivity index (χ4v) is 2.71. The molecule has 2 fully saturated rings. The Morgan fingerprint density at radius 2 is 1.36 bits per heavy atom. The summed E-state index contributed by atoms with van der Waals surface area (Å²) in [4.78, 5) is 0. The van der Waals surface area contributed by atoms with E-state index in [-0.39, 0.29) is 13.2 Å². The quantitative estimate of drug-likeness (QED) is 0.149. The SMILES string of the molecule is OCC(O)C(O)C(O)C1CO[B-]2(OCC(C(O)C(O)C(O)CO)[OH+]2)O1. The number of rotatable bonds is 8. The van der Waals surface area contributed by atoms with Crippen LogP contribution in [0.15, 0.2) is 0 Å². The smallest absolute Gasteiger partial charge is 0.599 e. The van der Waals surface area contributed by atoms with Crippen LogP contribution in [-0.2, 0) is 14.0 Å². The number of aliphatic hydroxyl groups excluding tert-OH is 8. The predicted octanol–water partition coefficient (Wildman–Crippen LogP) is -6.09. The molecule has 2 aliphatic heterocycles. The molecule has 0 saturated carbocycles. The van der Waals surface area contributed by atoms with Crippen molar-refractivity contribution in [1.82, 2.24) is 0 Å². The molecule has 148 valence electrons.